The van der Waals surface area contributed by atoms with Crippen LogP contribution in [0.3, 0.4) is 0 Å². The van der Waals surface area contributed by atoms with E-state index in [9.17, 15) is 13.2 Å². The van der Waals surface area contributed by atoms with Crippen LogP contribution in [0.4, 0.5) is 5.69 Å². The number of rotatable bonds is 10. The van der Waals surface area contributed by atoms with Crippen molar-refractivity contribution in [1.29, 1.82) is 0 Å². The van der Waals surface area contributed by atoms with Crippen molar-refractivity contribution in [3.05, 3.63) is 64.7 Å². The van der Waals surface area contributed by atoms with Gasteiger partial charge in [-0.15, -0.1) is 12.6 Å². The Labute approximate surface area is 264 Å². The quantitative estimate of drug-likeness (QED) is 0.213. The van der Waals surface area contributed by atoms with Crippen molar-refractivity contribution in [3.63, 3.8) is 0 Å². The number of aryl methyl sites for hydroxylation is 1. The van der Waals surface area contributed by atoms with Crippen molar-refractivity contribution < 1.29 is 13.2 Å². The third-order valence-electron chi connectivity index (χ3n) is 10.4. The number of allylic oxidation sites excluding steroid dienone is 1. The van der Waals surface area contributed by atoms with Gasteiger partial charge in [-0.25, -0.2) is 13.1 Å². The SMILES string of the molecule is CCC1(CCC2=C(CN3CCN(c4ccc(C(=O)NS(=O)(=O)c5ccc(C)c(S)c5)cc4)CC3)CCC(C)(C)C2)CCC1. The van der Waals surface area contributed by atoms with Crippen molar-refractivity contribution in [3.8, 4) is 0 Å². The molecular weight excluding hydrogens is 575 g/mol. The summed E-state index contributed by atoms with van der Waals surface area (Å²) in [6.45, 7) is 14.1. The van der Waals surface area contributed by atoms with Crippen LogP contribution in [-0.4, -0.2) is 51.9 Å². The van der Waals surface area contributed by atoms with E-state index >= 15 is 0 Å². The average Bonchev–Trinajstić information content (AvgIpc) is 2.95. The number of amides is 1. The molecule has 5 rings (SSSR count). The summed E-state index contributed by atoms with van der Waals surface area (Å²) < 4.78 is 27.7. The predicted molar refractivity (Wildman–Crippen MR) is 179 cm³/mol. The maximum absolute atomic E-state index is 12.8. The van der Waals surface area contributed by atoms with E-state index in [1.54, 1.807) is 29.3 Å². The number of nitrogens with one attached hydrogen (secondary N) is 1. The molecule has 234 valence electrons. The topological polar surface area (TPSA) is 69.7 Å². The lowest BCUT2D eigenvalue weighted by Crippen LogP contribution is -2.47. The summed E-state index contributed by atoms with van der Waals surface area (Å²) >= 11 is 4.31. The minimum atomic E-state index is -3.99. The molecule has 0 spiro atoms. The van der Waals surface area contributed by atoms with Crippen LogP contribution in [0.1, 0.15) is 94.5 Å². The largest absolute Gasteiger partial charge is 0.369 e. The summed E-state index contributed by atoms with van der Waals surface area (Å²) in [5, 5.41) is 0. The van der Waals surface area contributed by atoms with Gasteiger partial charge in [0.25, 0.3) is 15.9 Å². The molecule has 2 fully saturated rings. The van der Waals surface area contributed by atoms with Crippen molar-refractivity contribution in [2.45, 2.75) is 95.3 Å². The monoisotopic (exact) mass is 623 g/mol. The molecule has 0 atom stereocenters. The van der Waals surface area contributed by atoms with Gasteiger partial charge in [0.05, 0.1) is 4.90 Å². The summed E-state index contributed by atoms with van der Waals surface area (Å²) in [7, 11) is -3.99. The molecule has 1 saturated carbocycles. The molecule has 1 N–H and O–H groups in total. The number of hydrogen-bond donors (Lipinski definition) is 2. The van der Waals surface area contributed by atoms with Gasteiger partial charge < -0.3 is 4.90 Å². The molecule has 1 amide bonds. The van der Waals surface area contributed by atoms with Crippen LogP contribution in [-0.2, 0) is 10.0 Å². The van der Waals surface area contributed by atoms with Gasteiger partial charge in [-0.05, 0) is 105 Å². The van der Waals surface area contributed by atoms with Gasteiger partial charge in [0.15, 0.2) is 0 Å². The number of benzene rings is 2. The lowest BCUT2D eigenvalue weighted by Gasteiger charge is -2.43. The van der Waals surface area contributed by atoms with Crippen LogP contribution < -0.4 is 9.62 Å². The van der Waals surface area contributed by atoms with Gasteiger partial charge in [0.2, 0.25) is 0 Å². The Balaban J connectivity index is 1.16. The summed E-state index contributed by atoms with van der Waals surface area (Å²) in [5.74, 6) is -0.639. The van der Waals surface area contributed by atoms with Gasteiger partial charge in [0.1, 0.15) is 0 Å². The van der Waals surface area contributed by atoms with Gasteiger partial charge in [-0.2, -0.15) is 0 Å². The first-order chi connectivity index (χ1) is 20.4. The molecule has 2 aromatic carbocycles. The zero-order chi connectivity index (χ0) is 30.8. The molecule has 0 unspecified atom stereocenters. The summed E-state index contributed by atoms with van der Waals surface area (Å²) in [4.78, 5) is 18.3. The zero-order valence-corrected chi connectivity index (χ0v) is 28.1. The van der Waals surface area contributed by atoms with Gasteiger partial charge in [0, 0.05) is 48.9 Å². The Kier molecular flexibility index (Phi) is 9.69. The second-order valence-corrected chi connectivity index (χ2v) is 16.1. The van der Waals surface area contributed by atoms with Gasteiger partial charge >= 0.3 is 0 Å². The van der Waals surface area contributed by atoms with Crippen LogP contribution in [0, 0.1) is 17.8 Å². The van der Waals surface area contributed by atoms with Crippen LogP contribution in [0.5, 0.6) is 0 Å². The van der Waals surface area contributed by atoms with Crippen molar-refractivity contribution in [1.82, 2.24) is 9.62 Å². The summed E-state index contributed by atoms with van der Waals surface area (Å²) in [6, 6.07) is 11.9. The van der Waals surface area contributed by atoms with E-state index in [-0.39, 0.29) is 4.90 Å². The fourth-order valence-corrected chi connectivity index (χ4v) is 8.34. The molecule has 1 aliphatic heterocycles. The van der Waals surface area contributed by atoms with Crippen LogP contribution in [0.15, 0.2) is 63.4 Å². The summed E-state index contributed by atoms with van der Waals surface area (Å²) in [5.41, 5.74) is 6.74. The third kappa shape index (κ3) is 7.69. The van der Waals surface area contributed by atoms with Crippen molar-refractivity contribution in [2.24, 2.45) is 10.8 Å². The molecule has 0 aromatic heterocycles. The maximum atomic E-state index is 12.8. The molecular formula is C35H49N3O3S2. The Hall–Kier alpha value is -2.29. The Morgan fingerprint density at radius 3 is 2.28 bits per heavy atom. The molecule has 0 radical (unpaired) electrons. The van der Waals surface area contributed by atoms with Gasteiger partial charge in [-0.1, -0.05) is 50.8 Å². The number of carbonyl (C=O) groups is 1. The number of sulfonamides is 1. The fourth-order valence-electron chi connectivity index (χ4n) is 7.04. The number of thiol groups is 1. The standard InChI is InChI=1S/C35H49N3O3S2/c1-5-35(15-6-16-35)18-14-28-24-34(3,4)17-13-29(28)25-37-19-21-38(22-20-37)30-10-8-27(9-11-30)33(39)36-43(40,41)31-12-7-26(2)32(42)23-31/h7-12,23,42H,5-6,13-22,24-25H2,1-4H3,(H,36,39). The molecule has 0 bridgehead atoms. The second-order valence-electron chi connectivity index (χ2n) is 13.9. The maximum Gasteiger partial charge on any atom is 0.264 e. The van der Waals surface area contributed by atoms with E-state index in [0.29, 0.717) is 21.3 Å². The molecule has 1 heterocycles. The Morgan fingerprint density at radius 1 is 0.977 bits per heavy atom. The molecule has 2 aromatic rings. The number of anilines is 1. The first kappa shape index (κ1) is 32.1. The fraction of sp³-hybridized carbons (Fsp3) is 0.571. The predicted octanol–water partition coefficient (Wildman–Crippen LogP) is 7.39. The highest BCUT2D eigenvalue weighted by Crippen LogP contribution is 2.50. The molecule has 3 aliphatic rings. The van der Waals surface area contributed by atoms with Crippen LogP contribution in [0.25, 0.3) is 0 Å². The first-order valence-electron chi connectivity index (χ1n) is 16.0. The lowest BCUT2D eigenvalue weighted by molar-refractivity contribution is 0.0981. The highest BCUT2D eigenvalue weighted by molar-refractivity contribution is 7.90. The van der Waals surface area contributed by atoms with E-state index < -0.39 is 15.9 Å². The lowest BCUT2D eigenvalue weighted by atomic mass is 9.63. The first-order valence-corrected chi connectivity index (χ1v) is 18.0. The van der Waals surface area contributed by atoms with E-state index in [4.69, 9.17) is 0 Å². The molecule has 43 heavy (non-hydrogen) atoms. The molecule has 1 saturated heterocycles. The Morgan fingerprint density at radius 2 is 1.67 bits per heavy atom. The highest BCUT2D eigenvalue weighted by atomic mass is 32.2. The van der Waals surface area contributed by atoms with Crippen molar-refractivity contribution >= 4 is 34.2 Å². The second kappa shape index (κ2) is 13.0. The third-order valence-corrected chi connectivity index (χ3v) is 12.2. The smallest absolute Gasteiger partial charge is 0.264 e. The normalized spacial score (nSPS) is 20.5. The van der Waals surface area contributed by atoms with E-state index in [2.05, 4.69) is 47.9 Å². The zero-order valence-electron chi connectivity index (χ0n) is 26.4. The van der Waals surface area contributed by atoms with Crippen LogP contribution >= 0.6 is 12.6 Å². The summed E-state index contributed by atoms with van der Waals surface area (Å²) in [6.07, 6.45) is 12.0. The number of piperazine rings is 1. The van der Waals surface area contributed by atoms with E-state index in [1.165, 1.54) is 69.9 Å². The molecule has 6 nitrogen and oxygen atoms in total. The average molecular weight is 624 g/mol. The van der Waals surface area contributed by atoms with Gasteiger partial charge in [-0.3, -0.25) is 9.69 Å². The number of carbonyl (C=O) groups excluding carboxylic acids is 1. The van der Waals surface area contributed by atoms with Crippen molar-refractivity contribution in [2.75, 3.05) is 37.6 Å². The highest BCUT2D eigenvalue weighted by Gasteiger charge is 2.36. The number of hydrogen-bond acceptors (Lipinski definition) is 6. The molecule has 2 aliphatic carbocycles. The Bertz CT molecular complexity index is 1450. The minimum absolute atomic E-state index is 0.0222. The molecule has 8 heteroatoms. The minimum Gasteiger partial charge on any atom is -0.369 e. The van der Waals surface area contributed by atoms with Crippen LogP contribution in [0.2, 0.25) is 0 Å². The van der Waals surface area contributed by atoms with E-state index in [1.807, 2.05) is 19.1 Å². The number of nitrogens with zero attached hydrogens (tertiary/aromatic N) is 2. The van der Waals surface area contributed by atoms with E-state index in [0.717, 1.165) is 44.0 Å².